The van der Waals surface area contributed by atoms with Crippen molar-refractivity contribution in [3.05, 3.63) is 28.8 Å². The molecule has 1 saturated heterocycles. The molecule has 0 bridgehead atoms. The van der Waals surface area contributed by atoms with Crippen LogP contribution in [0.15, 0.2) is 18.2 Å². The molecule has 0 saturated carbocycles. The lowest BCUT2D eigenvalue weighted by atomic mass is 10.1. The van der Waals surface area contributed by atoms with Crippen LogP contribution in [-0.4, -0.2) is 17.6 Å². The standard InChI is InChI=1S/C11H13ClN2/c12-9-4-3-8-7-14-5-1-2-11(14)13-10(8)6-9/h3-4,6,11,13H,1-2,5,7H2. The molecule has 14 heavy (non-hydrogen) atoms. The summed E-state index contributed by atoms with van der Waals surface area (Å²) in [6.07, 6.45) is 3.10. The highest BCUT2D eigenvalue weighted by molar-refractivity contribution is 6.30. The number of rotatable bonds is 0. The first-order valence-corrected chi connectivity index (χ1v) is 5.50. The topological polar surface area (TPSA) is 15.3 Å². The first-order chi connectivity index (χ1) is 6.83. The lowest BCUT2D eigenvalue weighted by Crippen LogP contribution is -2.39. The van der Waals surface area contributed by atoms with Crippen LogP contribution in [-0.2, 0) is 6.54 Å². The fourth-order valence-electron chi connectivity index (χ4n) is 2.40. The molecule has 1 fully saturated rings. The van der Waals surface area contributed by atoms with Gasteiger partial charge in [-0.25, -0.2) is 0 Å². The summed E-state index contributed by atoms with van der Waals surface area (Å²) in [5.41, 5.74) is 2.59. The van der Waals surface area contributed by atoms with Crippen LogP contribution in [0.5, 0.6) is 0 Å². The SMILES string of the molecule is Clc1ccc2c(c1)NC1CCCN1C2. The molecule has 0 spiro atoms. The third-order valence-corrected chi connectivity index (χ3v) is 3.37. The normalized spacial score (nSPS) is 25.4. The monoisotopic (exact) mass is 208 g/mol. The number of benzene rings is 1. The molecule has 0 amide bonds. The molecule has 3 heteroatoms. The van der Waals surface area contributed by atoms with E-state index in [0.717, 1.165) is 11.6 Å². The smallest absolute Gasteiger partial charge is 0.0796 e. The minimum absolute atomic E-state index is 0.543. The number of anilines is 1. The van der Waals surface area contributed by atoms with Gasteiger partial charge in [-0.05, 0) is 30.5 Å². The van der Waals surface area contributed by atoms with Crippen molar-refractivity contribution in [2.24, 2.45) is 0 Å². The zero-order chi connectivity index (χ0) is 9.54. The van der Waals surface area contributed by atoms with Crippen molar-refractivity contribution < 1.29 is 0 Å². The average Bonchev–Trinajstić information content (AvgIpc) is 2.61. The van der Waals surface area contributed by atoms with Gasteiger partial charge >= 0.3 is 0 Å². The third-order valence-electron chi connectivity index (χ3n) is 3.13. The Morgan fingerprint density at radius 2 is 2.36 bits per heavy atom. The second-order valence-corrected chi connectivity index (χ2v) is 4.51. The van der Waals surface area contributed by atoms with Gasteiger partial charge in [-0.2, -0.15) is 0 Å². The van der Waals surface area contributed by atoms with Crippen LogP contribution < -0.4 is 5.32 Å². The van der Waals surface area contributed by atoms with Crippen LogP contribution in [0.1, 0.15) is 18.4 Å². The summed E-state index contributed by atoms with van der Waals surface area (Å²) in [4.78, 5) is 2.50. The van der Waals surface area contributed by atoms with Crippen molar-refractivity contribution in [3.63, 3.8) is 0 Å². The number of nitrogens with one attached hydrogen (secondary N) is 1. The van der Waals surface area contributed by atoms with E-state index >= 15 is 0 Å². The molecule has 1 aromatic carbocycles. The van der Waals surface area contributed by atoms with E-state index in [-0.39, 0.29) is 0 Å². The second-order valence-electron chi connectivity index (χ2n) is 4.07. The van der Waals surface area contributed by atoms with E-state index in [0.29, 0.717) is 6.17 Å². The Bertz CT molecular complexity index is 364. The van der Waals surface area contributed by atoms with Crippen LogP contribution in [0.2, 0.25) is 5.02 Å². The molecule has 2 nitrogen and oxygen atoms in total. The van der Waals surface area contributed by atoms with Gasteiger partial charge in [0.1, 0.15) is 0 Å². The lowest BCUT2D eigenvalue weighted by molar-refractivity contribution is 0.257. The summed E-state index contributed by atoms with van der Waals surface area (Å²) in [6, 6.07) is 6.13. The Morgan fingerprint density at radius 1 is 1.43 bits per heavy atom. The van der Waals surface area contributed by atoms with Crippen molar-refractivity contribution in [2.45, 2.75) is 25.6 Å². The van der Waals surface area contributed by atoms with E-state index in [1.807, 2.05) is 12.1 Å². The molecule has 0 aromatic heterocycles. The van der Waals surface area contributed by atoms with Gasteiger partial charge in [-0.15, -0.1) is 0 Å². The largest absolute Gasteiger partial charge is 0.369 e. The van der Waals surface area contributed by atoms with Crippen LogP contribution in [0.25, 0.3) is 0 Å². The fraction of sp³-hybridized carbons (Fsp3) is 0.455. The van der Waals surface area contributed by atoms with Crippen LogP contribution >= 0.6 is 11.6 Å². The zero-order valence-electron chi connectivity index (χ0n) is 7.96. The van der Waals surface area contributed by atoms with Gasteiger partial charge in [0, 0.05) is 23.8 Å². The Labute approximate surface area is 88.9 Å². The van der Waals surface area contributed by atoms with Crippen LogP contribution in [0.4, 0.5) is 5.69 Å². The van der Waals surface area contributed by atoms with Gasteiger partial charge in [0.15, 0.2) is 0 Å². The number of hydrogen-bond acceptors (Lipinski definition) is 2. The average molecular weight is 209 g/mol. The molecule has 2 aliphatic heterocycles. The summed E-state index contributed by atoms with van der Waals surface area (Å²) < 4.78 is 0. The Kier molecular flexibility index (Phi) is 1.92. The number of hydrogen-bond donors (Lipinski definition) is 1. The molecule has 3 rings (SSSR count). The predicted octanol–water partition coefficient (Wildman–Crippen LogP) is 2.69. The molecular weight excluding hydrogens is 196 g/mol. The molecule has 1 N–H and O–H groups in total. The van der Waals surface area contributed by atoms with E-state index in [4.69, 9.17) is 11.6 Å². The van der Waals surface area contributed by atoms with Crippen molar-refractivity contribution in [3.8, 4) is 0 Å². The predicted molar refractivity (Wildman–Crippen MR) is 58.5 cm³/mol. The van der Waals surface area contributed by atoms with Crippen molar-refractivity contribution >= 4 is 17.3 Å². The summed E-state index contributed by atoms with van der Waals surface area (Å²) in [6.45, 7) is 2.30. The maximum Gasteiger partial charge on any atom is 0.0796 e. The highest BCUT2D eigenvalue weighted by atomic mass is 35.5. The molecule has 0 aliphatic carbocycles. The van der Waals surface area contributed by atoms with Gasteiger partial charge in [-0.1, -0.05) is 17.7 Å². The molecule has 2 aliphatic rings. The van der Waals surface area contributed by atoms with E-state index in [2.05, 4.69) is 16.3 Å². The first kappa shape index (κ1) is 8.57. The van der Waals surface area contributed by atoms with Gasteiger partial charge in [-0.3, -0.25) is 4.90 Å². The van der Waals surface area contributed by atoms with Crippen LogP contribution in [0.3, 0.4) is 0 Å². The second kappa shape index (κ2) is 3.14. The number of halogens is 1. The minimum Gasteiger partial charge on any atom is -0.369 e. The summed E-state index contributed by atoms with van der Waals surface area (Å²) >= 11 is 5.97. The van der Waals surface area contributed by atoms with E-state index < -0.39 is 0 Å². The maximum absolute atomic E-state index is 5.97. The van der Waals surface area contributed by atoms with Gasteiger partial charge in [0.05, 0.1) is 6.17 Å². The third kappa shape index (κ3) is 1.30. The van der Waals surface area contributed by atoms with Crippen molar-refractivity contribution in [1.29, 1.82) is 0 Å². The summed E-state index contributed by atoms with van der Waals surface area (Å²) in [7, 11) is 0. The Morgan fingerprint density at radius 3 is 3.29 bits per heavy atom. The molecule has 74 valence electrons. The van der Waals surface area contributed by atoms with Gasteiger partial charge in [0.25, 0.3) is 0 Å². The highest BCUT2D eigenvalue weighted by Crippen LogP contribution is 2.32. The van der Waals surface area contributed by atoms with Crippen molar-refractivity contribution in [1.82, 2.24) is 4.90 Å². The molecule has 1 atom stereocenters. The molecule has 2 heterocycles. The quantitative estimate of drug-likeness (QED) is 0.705. The van der Waals surface area contributed by atoms with E-state index in [1.165, 1.54) is 30.6 Å². The number of nitrogens with zero attached hydrogens (tertiary/aromatic N) is 1. The maximum atomic E-state index is 5.97. The summed E-state index contributed by atoms with van der Waals surface area (Å²) in [5.74, 6) is 0. The Hall–Kier alpha value is -0.730. The van der Waals surface area contributed by atoms with Crippen molar-refractivity contribution in [2.75, 3.05) is 11.9 Å². The van der Waals surface area contributed by atoms with Gasteiger partial charge < -0.3 is 5.32 Å². The minimum atomic E-state index is 0.543. The zero-order valence-corrected chi connectivity index (χ0v) is 8.72. The van der Waals surface area contributed by atoms with E-state index in [9.17, 15) is 0 Å². The van der Waals surface area contributed by atoms with Crippen LogP contribution in [0, 0.1) is 0 Å². The lowest BCUT2D eigenvalue weighted by Gasteiger charge is -2.33. The number of fused-ring (bicyclic) bond motifs is 2. The summed E-state index contributed by atoms with van der Waals surface area (Å²) in [5, 5.41) is 4.36. The molecule has 1 unspecified atom stereocenters. The molecule has 1 aromatic rings. The Balaban J connectivity index is 1.97. The van der Waals surface area contributed by atoms with E-state index in [1.54, 1.807) is 0 Å². The molecule has 0 radical (unpaired) electrons. The fourth-order valence-corrected chi connectivity index (χ4v) is 2.57. The molecular formula is C11H13ClN2. The first-order valence-electron chi connectivity index (χ1n) is 5.12. The highest BCUT2D eigenvalue weighted by Gasteiger charge is 2.29. The van der Waals surface area contributed by atoms with Gasteiger partial charge in [0.2, 0.25) is 0 Å².